The van der Waals surface area contributed by atoms with E-state index in [0.717, 1.165) is 22.2 Å². The molecule has 0 amide bonds. The second kappa shape index (κ2) is 10.5. The Morgan fingerprint density at radius 2 is 1.69 bits per heavy atom. The molecule has 0 bridgehead atoms. The molecule has 4 unspecified atom stereocenters. The number of fused-ring (bicyclic) bond motifs is 1. The topological polar surface area (TPSA) is 12.0 Å². The number of hydrogen-bond donors (Lipinski definition) is 1. The van der Waals surface area contributed by atoms with Gasteiger partial charge >= 0.3 is 0 Å². The first-order valence-corrected chi connectivity index (χ1v) is 13.1. The highest BCUT2D eigenvalue weighted by molar-refractivity contribution is 6.31. The minimum atomic E-state index is -0.837. The fourth-order valence-electron chi connectivity index (χ4n) is 6.08. The zero-order chi connectivity index (χ0) is 26.1. The van der Waals surface area contributed by atoms with Gasteiger partial charge < -0.3 is 5.32 Å². The molecule has 3 aromatic carbocycles. The Bertz CT molecular complexity index is 1290. The minimum absolute atomic E-state index is 0.0647. The van der Waals surface area contributed by atoms with Crippen molar-refractivity contribution in [2.75, 3.05) is 6.54 Å². The van der Waals surface area contributed by atoms with Gasteiger partial charge in [0, 0.05) is 39.9 Å². The summed E-state index contributed by atoms with van der Waals surface area (Å²) >= 11 is 13.0. The lowest BCUT2D eigenvalue weighted by atomic mass is 9.76. The Balaban J connectivity index is 0.00000148. The predicted octanol–water partition coefficient (Wildman–Crippen LogP) is 8.79. The molecule has 0 radical (unpaired) electrons. The van der Waals surface area contributed by atoms with Crippen LogP contribution in [-0.4, -0.2) is 6.54 Å². The van der Waals surface area contributed by atoms with Crippen LogP contribution in [0.2, 0.25) is 10.0 Å². The van der Waals surface area contributed by atoms with Gasteiger partial charge in [0.25, 0.3) is 0 Å². The zero-order valence-corrected chi connectivity index (χ0v) is 22.3. The Morgan fingerprint density at radius 3 is 2.33 bits per heavy atom. The first kappa shape index (κ1) is 26.6. The van der Waals surface area contributed by atoms with Gasteiger partial charge in [-0.1, -0.05) is 85.6 Å². The van der Waals surface area contributed by atoms with Crippen molar-refractivity contribution < 1.29 is 8.78 Å². The molecule has 2 aliphatic rings. The SMILES string of the molecule is C=CC12C=CC(c3ccc(C)cc3Cl)C1(c1ccc(Cl)cc1)C2CNCc1ccc(F)c(F)c1.CC. The molecule has 5 rings (SSSR count). The van der Waals surface area contributed by atoms with E-state index in [0.29, 0.717) is 23.7 Å². The van der Waals surface area contributed by atoms with Crippen molar-refractivity contribution in [3.63, 3.8) is 0 Å². The van der Waals surface area contributed by atoms with E-state index < -0.39 is 11.6 Å². The summed E-state index contributed by atoms with van der Waals surface area (Å²) in [7, 11) is 0. The van der Waals surface area contributed by atoms with Crippen LogP contribution in [0.5, 0.6) is 0 Å². The molecule has 0 saturated heterocycles. The molecule has 5 heteroatoms. The van der Waals surface area contributed by atoms with E-state index in [1.807, 2.05) is 45.0 Å². The van der Waals surface area contributed by atoms with Gasteiger partial charge in [0.2, 0.25) is 0 Å². The first-order valence-electron chi connectivity index (χ1n) is 12.3. The summed E-state index contributed by atoms with van der Waals surface area (Å²) < 4.78 is 27.0. The average Bonchev–Trinajstić information content (AvgIpc) is 3.28. The summed E-state index contributed by atoms with van der Waals surface area (Å²) in [5.74, 6) is -1.40. The van der Waals surface area contributed by atoms with Crippen LogP contribution in [0.1, 0.15) is 42.0 Å². The van der Waals surface area contributed by atoms with E-state index in [1.165, 1.54) is 11.6 Å². The van der Waals surface area contributed by atoms with Gasteiger partial charge in [-0.2, -0.15) is 0 Å². The lowest BCUT2D eigenvalue weighted by Crippen LogP contribution is -2.25. The third-order valence-corrected chi connectivity index (χ3v) is 8.21. The largest absolute Gasteiger partial charge is 0.312 e. The van der Waals surface area contributed by atoms with Crippen molar-refractivity contribution >= 4 is 23.2 Å². The van der Waals surface area contributed by atoms with Gasteiger partial charge in [-0.05, 0) is 65.4 Å². The fraction of sp³-hybridized carbons (Fsp3) is 0.290. The molecule has 2 aliphatic carbocycles. The summed E-state index contributed by atoms with van der Waals surface area (Å²) in [4.78, 5) is 0. The van der Waals surface area contributed by atoms with Crippen molar-refractivity contribution in [3.8, 4) is 0 Å². The summed E-state index contributed by atoms with van der Waals surface area (Å²) in [6.07, 6.45) is 6.56. The van der Waals surface area contributed by atoms with Crippen molar-refractivity contribution in [3.05, 3.63) is 129 Å². The highest BCUT2D eigenvalue weighted by Crippen LogP contribution is 2.79. The third-order valence-electron chi connectivity index (χ3n) is 7.63. The third kappa shape index (κ3) is 4.22. The van der Waals surface area contributed by atoms with Gasteiger partial charge in [-0.15, -0.1) is 6.58 Å². The van der Waals surface area contributed by atoms with Crippen molar-refractivity contribution in [2.45, 2.75) is 38.6 Å². The molecule has 4 atom stereocenters. The molecule has 36 heavy (non-hydrogen) atoms. The second-order valence-corrected chi connectivity index (χ2v) is 10.2. The minimum Gasteiger partial charge on any atom is -0.312 e. The van der Waals surface area contributed by atoms with E-state index in [2.05, 4.69) is 48.3 Å². The van der Waals surface area contributed by atoms with E-state index in [-0.39, 0.29) is 22.7 Å². The molecular weight excluding hydrogens is 495 g/mol. The monoisotopic (exact) mass is 525 g/mol. The molecule has 0 heterocycles. The second-order valence-electron chi connectivity index (χ2n) is 9.31. The lowest BCUT2D eigenvalue weighted by molar-refractivity contribution is 0.501. The van der Waals surface area contributed by atoms with Crippen molar-refractivity contribution in [1.29, 1.82) is 0 Å². The van der Waals surface area contributed by atoms with Crippen molar-refractivity contribution in [2.24, 2.45) is 11.3 Å². The maximum atomic E-state index is 13.7. The average molecular weight is 526 g/mol. The van der Waals surface area contributed by atoms with Crippen LogP contribution >= 0.6 is 23.2 Å². The van der Waals surface area contributed by atoms with Gasteiger partial charge in [-0.25, -0.2) is 8.78 Å². The van der Waals surface area contributed by atoms with E-state index in [4.69, 9.17) is 23.2 Å². The molecule has 0 aliphatic heterocycles. The van der Waals surface area contributed by atoms with E-state index >= 15 is 0 Å². The zero-order valence-electron chi connectivity index (χ0n) is 20.8. The number of allylic oxidation sites excluding steroid dienone is 3. The number of aryl methyl sites for hydroxylation is 1. The standard InChI is InChI=1S/C29H25Cl2F2N.C2H6/c1-3-28-13-12-23(22-10-4-18(2)14-24(22)31)29(28,20-6-8-21(30)9-7-20)27(28)17-34-16-19-5-11-25(32)26(33)15-19;1-2/h3-15,23,27,34H,1,16-17H2,2H3;1-2H3. The smallest absolute Gasteiger partial charge is 0.159 e. The highest BCUT2D eigenvalue weighted by Gasteiger charge is 2.78. The molecule has 3 aromatic rings. The highest BCUT2D eigenvalue weighted by atomic mass is 35.5. The number of benzene rings is 3. The Kier molecular flexibility index (Phi) is 7.75. The molecule has 1 N–H and O–H groups in total. The van der Waals surface area contributed by atoms with Crippen LogP contribution in [0.25, 0.3) is 0 Å². The molecule has 1 saturated carbocycles. The van der Waals surface area contributed by atoms with Crippen LogP contribution in [0, 0.1) is 29.9 Å². The van der Waals surface area contributed by atoms with Crippen LogP contribution < -0.4 is 5.32 Å². The number of rotatable bonds is 7. The maximum Gasteiger partial charge on any atom is 0.159 e. The Hall–Kier alpha value is -2.46. The van der Waals surface area contributed by atoms with Crippen LogP contribution in [-0.2, 0) is 12.0 Å². The molecular formula is C31H31Cl2F2N. The maximum absolute atomic E-state index is 13.7. The summed E-state index contributed by atoms with van der Waals surface area (Å²) in [6.45, 7) is 11.4. The summed E-state index contributed by atoms with van der Waals surface area (Å²) in [5.41, 5.74) is 3.58. The predicted molar refractivity (Wildman–Crippen MR) is 147 cm³/mol. The molecule has 0 spiro atoms. The van der Waals surface area contributed by atoms with Crippen LogP contribution in [0.3, 0.4) is 0 Å². The van der Waals surface area contributed by atoms with Gasteiger partial charge in [0.05, 0.1) is 0 Å². The van der Waals surface area contributed by atoms with Gasteiger partial charge in [-0.3, -0.25) is 0 Å². The van der Waals surface area contributed by atoms with Crippen LogP contribution in [0.15, 0.2) is 85.5 Å². The summed E-state index contributed by atoms with van der Waals surface area (Å²) in [5, 5.41) is 4.91. The Morgan fingerprint density at radius 1 is 0.972 bits per heavy atom. The molecule has 188 valence electrons. The normalized spacial score (nSPS) is 25.6. The van der Waals surface area contributed by atoms with Crippen LogP contribution in [0.4, 0.5) is 8.78 Å². The lowest BCUT2D eigenvalue weighted by Gasteiger charge is -2.28. The number of hydrogen-bond acceptors (Lipinski definition) is 1. The first-order chi connectivity index (χ1) is 17.3. The quantitative estimate of drug-likeness (QED) is 0.304. The molecule has 0 aromatic heterocycles. The van der Waals surface area contributed by atoms with Crippen molar-refractivity contribution in [1.82, 2.24) is 5.32 Å². The number of nitrogens with one attached hydrogen (secondary N) is 1. The molecule has 1 nitrogen and oxygen atoms in total. The van der Waals surface area contributed by atoms with Gasteiger partial charge in [0.15, 0.2) is 11.6 Å². The van der Waals surface area contributed by atoms with E-state index in [9.17, 15) is 8.78 Å². The summed E-state index contributed by atoms with van der Waals surface area (Å²) in [6, 6.07) is 18.3. The molecule has 1 fully saturated rings. The van der Waals surface area contributed by atoms with Gasteiger partial charge in [0.1, 0.15) is 0 Å². The number of halogens is 4. The fourth-order valence-corrected chi connectivity index (χ4v) is 6.56. The van der Waals surface area contributed by atoms with E-state index in [1.54, 1.807) is 6.07 Å². The Labute approximate surface area is 222 Å².